The summed E-state index contributed by atoms with van der Waals surface area (Å²) in [7, 11) is -7.75. The number of halogens is 1. The summed E-state index contributed by atoms with van der Waals surface area (Å²) in [4.78, 5) is -0.155. The van der Waals surface area contributed by atoms with Gasteiger partial charge in [-0.2, -0.15) is 8.61 Å². The molecule has 0 unspecified atom stereocenters. The van der Waals surface area contributed by atoms with E-state index >= 15 is 0 Å². The molecule has 152 valence electrons. The molecule has 6 nitrogen and oxygen atoms in total. The van der Waals surface area contributed by atoms with E-state index < -0.39 is 25.9 Å². The predicted molar refractivity (Wildman–Crippen MR) is 105 cm³/mol. The van der Waals surface area contributed by atoms with Crippen LogP contribution in [0, 0.1) is 26.6 Å². The highest BCUT2D eigenvalue weighted by Crippen LogP contribution is 2.25. The summed E-state index contributed by atoms with van der Waals surface area (Å²) in [6, 6.07) is 9.04. The Kier molecular flexibility index (Phi) is 5.64. The summed E-state index contributed by atoms with van der Waals surface area (Å²) in [5.74, 6) is -0.809. The van der Waals surface area contributed by atoms with Crippen molar-refractivity contribution in [3.05, 3.63) is 58.9 Å². The second-order valence-corrected chi connectivity index (χ2v) is 10.8. The number of nitrogens with zero attached hydrogens (tertiary/aromatic N) is 2. The molecule has 1 saturated heterocycles. The van der Waals surface area contributed by atoms with Crippen molar-refractivity contribution in [2.24, 2.45) is 0 Å². The maximum absolute atomic E-state index is 14.1. The topological polar surface area (TPSA) is 74.8 Å². The minimum atomic E-state index is -4.03. The van der Waals surface area contributed by atoms with Gasteiger partial charge in [0, 0.05) is 26.2 Å². The van der Waals surface area contributed by atoms with Crippen LogP contribution in [-0.4, -0.2) is 51.6 Å². The number of piperazine rings is 1. The van der Waals surface area contributed by atoms with Crippen LogP contribution in [0.5, 0.6) is 0 Å². The Hall–Kier alpha value is -1.81. The third-order valence-electron chi connectivity index (χ3n) is 4.85. The molecule has 2 aromatic carbocycles. The summed E-state index contributed by atoms with van der Waals surface area (Å²) < 4.78 is 68.0. The summed E-state index contributed by atoms with van der Waals surface area (Å²) in [5.41, 5.74) is 2.25. The zero-order valence-electron chi connectivity index (χ0n) is 16.0. The van der Waals surface area contributed by atoms with Crippen LogP contribution >= 0.6 is 0 Å². The van der Waals surface area contributed by atoms with Crippen molar-refractivity contribution < 1.29 is 21.2 Å². The molecule has 0 saturated carbocycles. The van der Waals surface area contributed by atoms with Gasteiger partial charge in [-0.25, -0.2) is 21.2 Å². The van der Waals surface area contributed by atoms with E-state index in [1.807, 2.05) is 6.92 Å². The predicted octanol–water partition coefficient (Wildman–Crippen LogP) is 2.45. The van der Waals surface area contributed by atoms with E-state index in [9.17, 15) is 21.2 Å². The SMILES string of the molecule is Cc1ccc(S(=O)(=O)N2CCN(S(=O)(=O)c3cc(C)ccc3F)CC2)c(C)c1. The number of sulfonamides is 2. The lowest BCUT2D eigenvalue weighted by Gasteiger charge is -2.33. The highest BCUT2D eigenvalue weighted by atomic mass is 32.2. The molecule has 1 aliphatic rings. The van der Waals surface area contributed by atoms with Gasteiger partial charge in [-0.1, -0.05) is 23.8 Å². The molecule has 9 heteroatoms. The molecule has 3 rings (SSSR count). The van der Waals surface area contributed by atoms with Gasteiger partial charge in [0.25, 0.3) is 0 Å². The van der Waals surface area contributed by atoms with Crippen molar-refractivity contribution in [2.75, 3.05) is 26.2 Å². The number of rotatable bonds is 4. The van der Waals surface area contributed by atoms with Gasteiger partial charge in [-0.15, -0.1) is 0 Å². The van der Waals surface area contributed by atoms with Crippen LogP contribution in [0.2, 0.25) is 0 Å². The van der Waals surface area contributed by atoms with Crippen LogP contribution in [0.1, 0.15) is 16.7 Å². The Morgan fingerprint density at radius 1 is 0.714 bits per heavy atom. The second kappa shape index (κ2) is 7.55. The van der Waals surface area contributed by atoms with Crippen LogP contribution in [0.4, 0.5) is 4.39 Å². The van der Waals surface area contributed by atoms with Crippen LogP contribution in [0.15, 0.2) is 46.2 Å². The first-order chi connectivity index (χ1) is 13.0. The molecular weight excluding hydrogens is 403 g/mol. The Bertz CT molecular complexity index is 1110. The quantitative estimate of drug-likeness (QED) is 0.753. The van der Waals surface area contributed by atoms with Crippen molar-refractivity contribution in [1.29, 1.82) is 0 Å². The van der Waals surface area contributed by atoms with Crippen molar-refractivity contribution in [3.8, 4) is 0 Å². The summed E-state index contributed by atoms with van der Waals surface area (Å²) in [5, 5.41) is 0. The van der Waals surface area contributed by atoms with Gasteiger partial charge in [-0.3, -0.25) is 0 Å². The van der Waals surface area contributed by atoms with Crippen molar-refractivity contribution in [3.63, 3.8) is 0 Å². The Labute approximate surface area is 165 Å². The molecule has 0 amide bonds. The molecule has 0 bridgehead atoms. The lowest BCUT2D eigenvalue weighted by molar-refractivity contribution is 0.272. The average molecular weight is 427 g/mol. The van der Waals surface area contributed by atoms with Crippen LogP contribution in [0.25, 0.3) is 0 Å². The standard InChI is InChI=1S/C19H23FN2O4S2/c1-14-5-7-18(16(3)12-14)27(23,24)21-8-10-22(11-9-21)28(25,26)19-13-15(2)4-6-17(19)20/h4-7,12-13H,8-11H2,1-3H3. The highest BCUT2D eigenvalue weighted by Gasteiger charge is 2.35. The first-order valence-electron chi connectivity index (χ1n) is 8.87. The molecule has 28 heavy (non-hydrogen) atoms. The molecule has 0 N–H and O–H groups in total. The van der Waals surface area contributed by atoms with Crippen LogP contribution in [0.3, 0.4) is 0 Å². The van der Waals surface area contributed by atoms with Gasteiger partial charge in [0.2, 0.25) is 20.0 Å². The molecular formula is C19H23FN2O4S2. The normalized spacial score (nSPS) is 17.0. The van der Waals surface area contributed by atoms with E-state index in [2.05, 4.69) is 0 Å². The number of hydrogen-bond donors (Lipinski definition) is 0. The monoisotopic (exact) mass is 426 g/mol. The Morgan fingerprint density at radius 2 is 1.18 bits per heavy atom. The lowest BCUT2D eigenvalue weighted by atomic mass is 10.2. The zero-order chi connectivity index (χ0) is 20.7. The van der Waals surface area contributed by atoms with Crippen LogP contribution in [-0.2, 0) is 20.0 Å². The number of hydrogen-bond acceptors (Lipinski definition) is 4. The van der Waals surface area contributed by atoms with E-state index in [1.165, 1.54) is 16.4 Å². The lowest BCUT2D eigenvalue weighted by Crippen LogP contribution is -2.50. The third-order valence-corrected chi connectivity index (χ3v) is 8.82. The fraction of sp³-hybridized carbons (Fsp3) is 0.368. The van der Waals surface area contributed by atoms with E-state index in [4.69, 9.17) is 0 Å². The Morgan fingerprint density at radius 3 is 1.71 bits per heavy atom. The van der Waals surface area contributed by atoms with E-state index in [-0.39, 0.29) is 36.0 Å². The summed E-state index contributed by atoms with van der Waals surface area (Å²) >= 11 is 0. The second-order valence-electron chi connectivity index (χ2n) is 7.01. The summed E-state index contributed by atoms with van der Waals surface area (Å²) in [6.45, 7) is 5.29. The molecule has 1 heterocycles. The maximum atomic E-state index is 14.1. The zero-order valence-corrected chi connectivity index (χ0v) is 17.6. The fourth-order valence-corrected chi connectivity index (χ4v) is 6.53. The Balaban J connectivity index is 1.81. The van der Waals surface area contributed by atoms with Gasteiger partial charge >= 0.3 is 0 Å². The smallest absolute Gasteiger partial charge is 0.207 e. The summed E-state index contributed by atoms with van der Waals surface area (Å²) in [6.07, 6.45) is 0. The van der Waals surface area contributed by atoms with E-state index in [0.717, 1.165) is 15.9 Å². The molecule has 0 radical (unpaired) electrons. The largest absolute Gasteiger partial charge is 0.246 e. The van der Waals surface area contributed by atoms with Crippen molar-refractivity contribution in [2.45, 2.75) is 30.6 Å². The molecule has 0 atom stereocenters. The molecule has 0 aliphatic carbocycles. The highest BCUT2D eigenvalue weighted by molar-refractivity contribution is 7.89. The minimum Gasteiger partial charge on any atom is -0.207 e. The molecule has 2 aromatic rings. The minimum absolute atomic E-state index is 0.0162. The molecule has 1 aliphatic heterocycles. The van der Waals surface area contributed by atoms with Crippen LogP contribution < -0.4 is 0 Å². The van der Waals surface area contributed by atoms with Gasteiger partial charge in [0.1, 0.15) is 10.7 Å². The number of aryl methyl sites for hydroxylation is 3. The van der Waals surface area contributed by atoms with Crippen molar-refractivity contribution >= 4 is 20.0 Å². The first-order valence-corrected chi connectivity index (χ1v) is 11.8. The maximum Gasteiger partial charge on any atom is 0.246 e. The van der Waals surface area contributed by atoms with E-state index in [0.29, 0.717) is 11.1 Å². The van der Waals surface area contributed by atoms with Gasteiger partial charge < -0.3 is 0 Å². The first kappa shape index (κ1) is 20.9. The third kappa shape index (κ3) is 3.84. The fourth-order valence-electron chi connectivity index (χ4n) is 3.33. The van der Waals surface area contributed by atoms with Gasteiger partial charge in [-0.05, 0) is 50.1 Å². The molecule has 1 fully saturated rings. The van der Waals surface area contributed by atoms with Crippen molar-refractivity contribution in [1.82, 2.24) is 8.61 Å². The average Bonchev–Trinajstić information content (AvgIpc) is 2.63. The van der Waals surface area contributed by atoms with E-state index in [1.54, 1.807) is 32.0 Å². The van der Waals surface area contributed by atoms with Gasteiger partial charge in [0.05, 0.1) is 4.90 Å². The van der Waals surface area contributed by atoms with Gasteiger partial charge in [0.15, 0.2) is 0 Å². The molecule has 0 spiro atoms. The number of benzene rings is 2. The molecule has 0 aromatic heterocycles.